The molecule has 2 aliphatic heterocycles. The van der Waals surface area contributed by atoms with Crippen LogP contribution in [0.2, 0.25) is 0 Å². The second kappa shape index (κ2) is 6.82. The molecule has 23 heavy (non-hydrogen) atoms. The molecular formula is C12H22O11. The summed E-state index contributed by atoms with van der Waals surface area (Å²) in [6, 6.07) is 0. The van der Waals surface area contributed by atoms with Crippen LogP contribution >= 0.6 is 0 Å². The lowest BCUT2D eigenvalue weighted by Crippen LogP contribution is -2.72. The molecule has 11 heteroatoms. The van der Waals surface area contributed by atoms with Crippen molar-refractivity contribution in [3.63, 3.8) is 0 Å². The van der Waals surface area contributed by atoms with Gasteiger partial charge in [-0.15, -0.1) is 0 Å². The zero-order valence-electron chi connectivity index (χ0n) is 12.0. The highest BCUT2D eigenvalue weighted by molar-refractivity contribution is 5.07. The SMILES string of the molecule is OC[C@H]1OC[C@@](O)(C(O)[C@H]2O[C@H](O)[C@@H](O)[C@@H](O)[C@@H]2O)[C@@H](O)[C@@H]1O. The van der Waals surface area contributed by atoms with E-state index in [1.807, 2.05) is 0 Å². The second-order valence-corrected chi connectivity index (χ2v) is 5.87. The average Bonchev–Trinajstić information content (AvgIpc) is 2.53. The molecule has 2 rings (SSSR count). The number of aliphatic hydroxyl groups excluding tert-OH is 8. The van der Waals surface area contributed by atoms with Crippen molar-refractivity contribution < 1.29 is 55.4 Å². The molecule has 2 fully saturated rings. The minimum absolute atomic E-state index is 0.642. The monoisotopic (exact) mass is 342 g/mol. The molecule has 0 spiro atoms. The largest absolute Gasteiger partial charge is 0.394 e. The Labute approximate surface area is 130 Å². The lowest BCUT2D eigenvalue weighted by molar-refractivity contribution is -0.331. The molecule has 136 valence electrons. The van der Waals surface area contributed by atoms with Gasteiger partial charge in [-0.05, 0) is 0 Å². The number of rotatable bonds is 3. The normalized spacial score (nSPS) is 53.1. The fraction of sp³-hybridized carbons (Fsp3) is 1.00. The van der Waals surface area contributed by atoms with Gasteiger partial charge in [0.15, 0.2) is 6.29 Å². The van der Waals surface area contributed by atoms with Crippen LogP contribution in [0.15, 0.2) is 0 Å². The van der Waals surface area contributed by atoms with Crippen molar-refractivity contribution in [1.82, 2.24) is 0 Å². The van der Waals surface area contributed by atoms with Crippen molar-refractivity contribution >= 4 is 0 Å². The summed E-state index contributed by atoms with van der Waals surface area (Å²) in [5.41, 5.74) is -2.52. The lowest BCUT2D eigenvalue weighted by Gasteiger charge is -2.49. The molecule has 0 amide bonds. The molecule has 0 bridgehead atoms. The highest BCUT2D eigenvalue weighted by atomic mass is 16.6. The molecule has 2 saturated heterocycles. The summed E-state index contributed by atoms with van der Waals surface area (Å²) in [5.74, 6) is 0. The highest BCUT2D eigenvalue weighted by Crippen LogP contribution is 2.33. The Hall–Kier alpha value is -0.440. The summed E-state index contributed by atoms with van der Waals surface area (Å²) >= 11 is 0. The molecule has 0 saturated carbocycles. The fourth-order valence-electron chi connectivity index (χ4n) is 2.78. The van der Waals surface area contributed by atoms with Gasteiger partial charge in [-0.25, -0.2) is 0 Å². The third-order valence-electron chi connectivity index (χ3n) is 4.37. The Bertz CT molecular complexity index is 408. The van der Waals surface area contributed by atoms with E-state index in [-0.39, 0.29) is 0 Å². The van der Waals surface area contributed by atoms with Gasteiger partial charge >= 0.3 is 0 Å². The van der Waals surface area contributed by atoms with E-state index in [0.29, 0.717) is 0 Å². The van der Waals surface area contributed by atoms with Crippen LogP contribution in [0.4, 0.5) is 0 Å². The molecule has 0 aromatic carbocycles. The molecule has 0 aromatic rings. The van der Waals surface area contributed by atoms with Crippen molar-refractivity contribution in [3.05, 3.63) is 0 Å². The van der Waals surface area contributed by atoms with E-state index in [0.717, 1.165) is 0 Å². The molecule has 0 aliphatic carbocycles. The molecule has 2 aliphatic rings. The van der Waals surface area contributed by atoms with Gasteiger partial charge in [0, 0.05) is 0 Å². The van der Waals surface area contributed by atoms with E-state index in [2.05, 4.69) is 0 Å². The maximum atomic E-state index is 10.4. The lowest BCUT2D eigenvalue weighted by atomic mass is 9.79. The van der Waals surface area contributed by atoms with Crippen LogP contribution in [-0.4, -0.2) is 120 Å². The Morgan fingerprint density at radius 2 is 1.57 bits per heavy atom. The predicted octanol–water partition coefficient (Wildman–Crippen LogP) is -6.01. The predicted molar refractivity (Wildman–Crippen MR) is 68.7 cm³/mol. The Kier molecular flexibility index (Phi) is 5.60. The van der Waals surface area contributed by atoms with E-state index < -0.39 is 73.9 Å². The molecule has 2 heterocycles. The van der Waals surface area contributed by atoms with Crippen molar-refractivity contribution in [2.24, 2.45) is 0 Å². The summed E-state index contributed by atoms with van der Waals surface area (Å²) in [4.78, 5) is 0. The van der Waals surface area contributed by atoms with E-state index in [1.165, 1.54) is 0 Å². The third kappa shape index (κ3) is 3.10. The van der Waals surface area contributed by atoms with Gasteiger partial charge in [-0.3, -0.25) is 0 Å². The van der Waals surface area contributed by atoms with E-state index >= 15 is 0 Å². The maximum Gasteiger partial charge on any atom is 0.184 e. The number of aliphatic hydroxyl groups is 9. The summed E-state index contributed by atoms with van der Waals surface area (Å²) in [5, 5.41) is 87.7. The van der Waals surface area contributed by atoms with Gasteiger partial charge in [-0.2, -0.15) is 0 Å². The van der Waals surface area contributed by atoms with Crippen molar-refractivity contribution in [2.45, 2.75) is 60.7 Å². The standard InChI is InChI=1S/C12H22O11/c13-1-3-4(14)9(18)12(21,2-22-3)10(19)8-6(16)5(15)7(17)11(20)23-8/h3-11,13-21H,1-2H2/t3-,4-,5+,6+,7+,8+,9+,10?,11+,12+/m1/s1. The zero-order chi connectivity index (χ0) is 17.5. The topological polar surface area (TPSA) is 201 Å². The van der Waals surface area contributed by atoms with Gasteiger partial charge in [0.25, 0.3) is 0 Å². The molecule has 1 unspecified atom stereocenters. The molecular weight excluding hydrogens is 320 g/mol. The second-order valence-electron chi connectivity index (χ2n) is 5.87. The van der Waals surface area contributed by atoms with E-state index in [4.69, 9.17) is 14.6 Å². The summed E-state index contributed by atoms with van der Waals surface area (Å²) in [6.45, 7) is -1.37. The average molecular weight is 342 g/mol. The Balaban J connectivity index is 2.20. The number of hydrogen-bond donors (Lipinski definition) is 9. The van der Waals surface area contributed by atoms with Crippen LogP contribution in [0.3, 0.4) is 0 Å². The fourth-order valence-corrected chi connectivity index (χ4v) is 2.78. The summed E-state index contributed by atoms with van der Waals surface area (Å²) in [6.07, 6.45) is -16.3. The van der Waals surface area contributed by atoms with Crippen molar-refractivity contribution in [3.8, 4) is 0 Å². The molecule has 10 atom stereocenters. The summed E-state index contributed by atoms with van der Waals surface area (Å²) in [7, 11) is 0. The van der Waals surface area contributed by atoms with Crippen LogP contribution in [0.5, 0.6) is 0 Å². The van der Waals surface area contributed by atoms with Crippen LogP contribution in [0, 0.1) is 0 Å². The smallest absolute Gasteiger partial charge is 0.184 e. The van der Waals surface area contributed by atoms with Crippen LogP contribution in [0.25, 0.3) is 0 Å². The maximum absolute atomic E-state index is 10.4. The first-order chi connectivity index (χ1) is 10.6. The van der Waals surface area contributed by atoms with Crippen LogP contribution < -0.4 is 0 Å². The number of hydrogen-bond acceptors (Lipinski definition) is 11. The van der Waals surface area contributed by atoms with Gasteiger partial charge in [0.2, 0.25) is 0 Å². The van der Waals surface area contributed by atoms with Gasteiger partial charge in [0.05, 0.1) is 13.2 Å². The minimum Gasteiger partial charge on any atom is -0.394 e. The van der Waals surface area contributed by atoms with E-state index in [1.54, 1.807) is 0 Å². The van der Waals surface area contributed by atoms with Crippen LogP contribution in [-0.2, 0) is 9.47 Å². The molecule has 0 aromatic heterocycles. The van der Waals surface area contributed by atoms with Crippen molar-refractivity contribution in [1.29, 1.82) is 0 Å². The third-order valence-corrected chi connectivity index (χ3v) is 4.37. The summed E-state index contributed by atoms with van der Waals surface area (Å²) < 4.78 is 9.75. The first-order valence-corrected chi connectivity index (χ1v) is 7.02. The molecule has 0 radical (unpaired) electrons. The van der Waals surface area contributed by atoms with Gasteiger partial charge in [0.1, 0.15) is 54.4 Å². The quantitative estimate of drug-likeness (QED) is 0.236. The minimum atomic E-state index is -2.52. The van der Waals surface area contributed by atoms with Crippen molar-refractivity contribution in [2.75, 3.05) is 13.2 Å². The Morgan fingerprint density at radius 3 is 2.13 bits per heavy atom. The van der Waals surface area contributed by atoms with Gasteiger partial charge < -0.3 is 55.4 Å². The van der Waals surface area contributed by atoms with Gasteiger partial charge in [-0.1, -0.05) is 0 Å². The number of ether oxygens (including phenoxy) is 2. The zero-order valence-corrected chi connectivity index (χ0v) is 12.0. The highest BCUT2D eigenvalue weighted by Gasteiger charge is 2.58. The first-order valence-electron chi connectivity index (χ1n) is 7.02. The first kappa shape index (κ1) is 18.9. The van der Waals surface area contributed by atoms with E-state index in [9.17, 15) is 40.9 Å². The molecule has 11 nitrogen and oxygen atoms in total. The Morgan fingerprint density at radius 1 is 0.957 bits per heavy atom. The van der Waals surface area contributed by atoms with Crippen LogP contribution in [0.1, 0.15) is 0 Å². The molecule has 9 N–H and O–H groups in total.